The van der Waals surface area contributed by atoms with Crippen LogP contribution in [0, 0.1) is 6.92 Å². The van der Waals surface area contributed by atoms with Crippen LogP contribution in [0.2, 0.25) is 0 Å². The number of hydrogen-bond acceptors (Lipinski definition) is 4. The first-order valence-corrected chi connectivity index (χ1v) is 4.97. The normalized spacial score (nSPS) is 10.0. The molecule has 2 aromatic rings. The van der Waals surface area contributed by atoms with Crippen molar-refractivity contribution >= 4 is 55.7 Å². The fourth-order valence-electron chi connectivity index (χ4n) is 1.03. The van der Waals surface area contributed by atoms with Crippen LogP contribution in [0.1, 0.15) is 5.82 Å². The van der Waals surface area contributed by atoms with Gasteiger partial charge in [0.15, 0.2) is 0 Å². The molecule has 0 spiro atoms. The van der Waals surface area contributed by atoms with Gasteiger partial charge in [-0.15, -0.1) is 23.7 Å². The van der Waals surface area contributed by atoms with Crippen molar-refractivity contribution < 1.29 is 0 Å². The van der Waals surface area contributed by atoms with Crippen LogP contribution < -0.4 is 5.73 Å². The average Bonchev–Trinajstić information content (AvgIpc) is 2.29. The number of nitrogens with two attached hydrogens (primary N) is 1. The zero-order valence-corrected chi connectivity index (χ0v) is 9.96. The van der Waals surface area contributed by atoms with E-state index in [2.05, 4.69) is 25.9 Å². The summed E-state index contributed by atoms with van der Waals surface area (Å²) >= 11 is 4.94. The van der Waals surface area contributed by atoms with Gasteiger partial charge in [0.05, 0.1) is 9.17 Å². The number of rotatable bonds is 0. The highest BCUT2D eigenvalue weighted by Crippen LogP contribution is 2.30. The fourth-order valence-corrected chi connectivity index (χ4v) is 2.53. The zero-order valence-electron chi connectivity index (χ0n) is 6.74. The Labute approximate surface area is 93.9 Å². The van der Waals surface area contributed by atoms with Gasteiger partial charge in [0.1, 0.15) is 16.5 Å². The first-order chi connectivity index (χ1) is 5.66. The molecule has 0 saturated heterocycles. The molecule has 2 rings (SSSR count). The van der Waals surface area contributed by atoms with Crippen molar-refractivity contribution in [2.45, 2.75) is 6.92 Å². The van der Waals surface area contributed by atoms with Crippen LogP contribution >= 0.6 is 39.7 Å². The van der Waals surface area contributed by atoms with Gasteiger partial charge in [0.2, 0.25) is 0 Å². The van der Waals surface area contributed by atoms with Gasteiger partial charge in [-0.2, -0.15) is 0 Å². The van der Waals surface area contributed by atoms with Crippen LogP contribution in [-0.2, 0) is 0 Å². The predicted octanol–water partition coefficient (Wildman–Crippen LogP) is 2.77. The summed E-state index contributed by atoms with van der Waals surface area (Å²) in [4.78, 5) is 9.26. The Morgan fingerprint density at radius 1 is 1.46 bits per heavy atom. The lowest BCUT2D eigenvalue weighted by atomic mass is 10.4. The van der Waals surface area contributed by atoms with Crippen molar-refractivity contribution in [3.8, 4) is 0 Å². The topological polar surface area (TPSA) is 51.8 Å². The smallest absolute Gasteiger partial charge is 0.135 e. The molecular weight excluding hydrogens is 274 g/mol. The van der Waals surface area contributed by atoms with E-state index >= 15 is 0 Å². The van der Waals surface area contributed by atoms with Crippen LogP contribution in [0.5, 0.6) is 0 Å². The molecule has 0 fully saturated rings. The Bertz CT molecular complexity index is 442. The highest BCUT2D eigenvalue weighted by atomic mass is 79.9. The molecular formula is C7H7BrClN3S. The second-order valence-electron chi connectivity index (χ2n) is 2.43. The summed E-state index contributed by atoms with van der Waals surface area (Å²) in [6, 6.07) is 1.94. The van der Waals surface area contributed by atoms with Gasteiger partial charge in [-0.3, -0.25) is 0 Å². The van der Waals surface area contributed by atoms with Crippen LogP contribution in [-0.4, -0.2) is 9.97 Å². The van der Waals surface area contributed by atoms with Crippen LogP contribution in [0.25, 0.3) is 10.2 Å². The lowest BCUT2D eigenvalue weighted by Gasteiger charge is -1.95. The van der Waals surface area contributed by atoms with E-state index in [0.717, 1.165) is 14.0 Å². The third kappa shape index (κ3) is 1.92. The minimum absolute atomic E-state index is 0. The molecule has 2 N–H and O–H groups in total. The Balaban J connectivity index is 0.000000845. The molecule has 0 aliphatic rings. The summed E-state index contributed by atoms with van der Waals surface area (Å²) in [6.45, 7) is 1.84. The number of thiophene rings is 1. The van der Waals surface area contributed by atoms with Crippen molar-refractivity contribution in [1.29, 1.82) is 0 Å². The maximum atomic E-state index is 5.71. The van der Waals surface area contributed by atoms with E-state index in [1.54, 1.807) is 11.3 Å². The maximum absolute atomic E-state index is 5.71. The van der Waals surface area contributed by atoms with Crippen molar-refractivity contribution in [2.75, 3.05) is 5.73 Å². The quantitative estimate of drug-likeness (QED) is 0.807. The predicted molar refractivity (Wildman–Crippen MR) is 61.5 cm³/mol. The molecule has 0 bridgehead atoms. The molecule has 0 aliphatic carbocycles. The lowest BCUT2D eigenvalue weighted by molar-refractivity contribution is 1.11. The Hall–Kier alpha value is -0.390. The Kier molecular flexibility index (Phi) is 3.10. The van der Waals surface area contributed by atoms with E-state index in [9.17, 15) is 0 Å². The molecule has 0 amide bonds. The van der Waals surface area contributed by atoms with Gasteiger partial charge >= 0.3 is 0 Å². The summed E-state index contributed by atoms with van der Waals surface area (Å²) in [6.07, 6.45) is 0. The molecule has 0 saturated carbocycles. The molecule has 6 heteroatoms. The van der Waals surface area contributed by atoms with E-state index < -0.39 is 0 Å². The minimum Gasteiger partial charge on any atom is -0.383 e. The maximum Gasteiger partial charge on any atom is 0.135 e. The van der Waals surface area contributed by atoms with Gasteiger partial charge < -0.3 is 5.73 Å². The molecule has 0 aliphatic heterocycles. The largest absolute Gasteiger partial charge is 0.383 e. The fraction of sp³-hybridized carbons (Fsp3) is 0.143. The first kappa shape index (κ1) is 10.7. The molecule has 3 nitrogen and oxygen atoms in total. The summed E-state index contributed by atoms with van der Waals surface area (Å²) in [5.41, 5.74) is 5.71. The van der Waals surface area contributed by atoms with Crippen LogP contribution in [0.15, 0.2) is 9.85 Å². The van der Waals surface area contributed by atoms with E-state index in [-0.39, 0.29) is 12.4 Å². The molecule has 13 heavy (non-hydrogen) atoms. The van der Waals surface area contributed by atoms with Crippen molar-refractivity contribution in [3.05, 3.63) is 15.7 Å². The van der Waals surface area contributed by atoms with E-state index in [4.69, 9.17) is 5.73 Å². The zero-order chi connectivity index (χ0) is 8.72. The Morgan fingerprint density at radius 3 is 2.85 bits per heavy atom. The summed E-state index contributed by atoms with van der Waals surface area (Å²) < 4.78 is 1.03. The average molecular weight is 281 g/mol. The molecule has 0 unspecified atom stereocenters. The van der Waals surface area contributed by atoms with Crippen molar-refractivity contribution in [2.24, 2.45) is 0 Å². The highest BCUT2D eigenvalue weighted by Gasteiger charge is 2.05. The molecule has 2 aromatic heterocycles. The van der Waals surface area contributed by atoms with Gasteiger partial charge in [0.25, 0.3) is 0 Å². The molecule has 0 aromatic carbocycles. The van der Waals surface area contributed by atoms with Crippen molar-refractivity contribution in [3.63, 3.8) is 0 Å². The second kappa shape index (κ2) is 3.77. The number of fused-ring (bicyclic) bond motifs is 1. The third-order valence-electron chi connectivity index (χ3n) is 1.50. The number of aryl methyl sites for hydroxylation is 1. The molecule has 0 atom stereocenters. The van der Waals surface area contributed by atoms with Crippen LogP contribution in [0.3, 0.4) is 0 Å². The molecule has 70 valence electrons. The Morgan fingerprint density at radius 2 is 2.15 bits per heavy atom. The number of anilines is 1. The van der Waals surface area contributed by atoms with Crippen LogP contribution in [0.4, 0.5) is 5.82 Å². The molecule has 2 heterocycles. The van der Waals surface area contributed by atoms with E-state index in [0.29, 0.717) is 11.6 Å². The molecule has 0 radical (unpaired) electrons. The highest BCUT2D eigenvalue weighted by molar-refractivity contribution is 9.11. The number of nitrogens with zero attached hydrogens (tertiary/aromatic N) is 2. The third-order valence-corrected chi connectivity index (χ3v) is 3.04. The minimum atomic E-state index is 0. The standard InChI is InChI=1S/C7H6BrN3S.ClH/c1-3-10-6(9)4-2-5(8)12-7(4)11-3;/h2H,1H3,(H2,9,10,11);1H. The van der Waals surface area contributed by atoms with Gasteiger partial charge in [-0.25, -0.2) is 9.97 Å². The SMILES string of the molecule is Cc1nc(N)c2cc(Br)sc2n1.Cl. The number of nitrogen functional groups attached to an aromatic ring is 1. The second-order valence-corrected chi connectivity index (χ2v) is 4.84. The van der Waals surface area contributed by atoms with Gasteiger partial charge in [0, 0.05) is 0 Å². The van der Waals surface area contributed by atoms with Crippen molar-refractivity contribution in [1.82, 2.24) is 9.97 Å². The number of aromatic nitrogens is 2. The number of hydrogen-bond donors (Lipinski definition) is 1. The number of halogens is 2. The monoisotopic (exact) mass is 279 g/mol. The summed E-state index contributed by atoms with van der Waals surface area (Å²) in [5, 5.41) is 0.928. The van der Waals surface area contributed by atoms with Gasteiger partial charge in [-0.05, 0) is 28.9 Å². The summed E-state index contributed by atoms with van der Waals surface area (Å²) in [5.74, 6) is 1.27. The van der Waals surface area contributed by atoms with Gasteiger partial charge in [-0.1, -0.05) is 0 Å². The lowest BCUT2D eigenvalue weighted by Crippen LogP contribution is -1.94. The van der Waals surface area contributed by atoms with E-state index in [1.807, 2.05) is 13.0 Å². The van der Waals surface area contributed by atoms with E-state index in [1.165, 1.54) is 0 Å². The summed E-state index contributed by atoms with van der Waals surface area (Å²) in [7, 11) is 0. The first-order valence-electron chi connectivity index (χ1n) is 3.36.